The molecule has 1 atom stereocenters. The van der Waals surface area contributed by atoms with Crippen molar-refractivity contribution in [3.05, 3.63) is 42.0 Å². The van der Waals surface area contributed by atoms with Crippen molar-refractivity contribution in [2.24, 2.45) is 0 Å². The van der Waals surface area contributed by atoms with Crippen molar-refractivity contribution in [2.45, 2.75) is 18.9 Å². The number of nitrogens with one attached hydrogen (secondary N) is 2. The van der Waals surface area contributed by atoms with Crippen LogP contribution in [0.5, 0.6) is 0 Å². The number of ketones is 1. The first-order valence-corrected chi connectivity index (χ1v) is 15.4. The lowest BCUT2D eigenvalue weighted by Crippen LogP contribution is -2.66. The Balaban J connectivity index is 2.70. The molecule has 0 radical (unpaired) electrons. The molecule has 0 saturated carbocycles. The molecule has 18 heteroatoms. The van der Waals surface area contributed by atoms with Crippen LogP contribution in [-0.4, -0.2) is 172 Å². The molecule has 18 nitrogen and oxygen atoms in total. The second-order valence-corrected chi connectivity index (χ2v) is 11.9. The summed E-state index contributed by atoms with van der Waals surface area (Å²) in [6.07, 6.45) is -0.171. The molecule has 0 aromatic heterocycles. The molecule has 0 aliphatic carbocycles. The molecule has 1 heterocycles. The molecule has 270 valence electrons. The van der Waals surface area contributed by atoms with Crippen LogP contribution >= 0.6 is 0 Å². The highest BCUT2D eigenvalue weighted by Crippen LogP contribution is 2.26. The van der Waals surface area contributed by atoms with Gasteiger partial charge >= 0.3 is 23.9 Å². The Morgan fingerprint density at radius 2 is 1.18 bits per heavy atom. The summed E-state index contributed by atoms with van der Waals surface area (Å²) >= 11 is 0. The third-order valence-corrected chi connectivity index (χ3v) is 7.88. The number of aliphatic carboxylic acids is 4. The fourth-order valence-electron chi connectivity index (χ4n) is 5.45. The standard InChI is InChI=1S/C31H45N7O11/c1-21(2)30(49)34-15-25(40)33-14-24(39)31(13-22-3-5-23(32)6-4-22)20-37(18-28(45)46)10-9-35(16-26(41)42)7-8-36(17-27(43)44)11-12-38(31)19-29(47)48/h3-6H,1,7-20,32H2,2H3,(H,33,40)(H,34,49)(H,41,42)(H,43,44)(H,45,46)(H,47,48). The monoisotopic (exact) mass is 691 g/mol. The van der Waals surface area contributed by atoms with Crippen LogP contribution in [0.15, 0.2) is 36.4 Å². The molecule has 2 amide bonds. The Hall–Kier alpha value is -4.91. The van der Waals surface area contributed by atoms with Crippen molar-refractivity contribution in [2.75, 3.05) is 90.8 Å². The zero-order valence-electron chi connectivity index (χ0n) is 27.4. The quantitative estimate of drug-likeness (QED) is 0.0697. The summed E-state index contributed by atoms with van der Waals surface area (Å²) in [5.74, 6) is -6.93. The second-order valence-electron chi connectivity index (χ2n) is 11.9. The molecule has 2 rings (SSSR count). The van der Waals surface area contributed by atoms with Crippen molar-refractivity contribution < 1.29 is 54.0 Å². The maximum atomic E-state index is 14.5. The molecule has 0 bridgehead atoms. The molecule has 1 aromatic rings. The van der Waals surface area contributed by atoms with Gasteiger partial charge in [-0.15, -0.1) is 0 Å². The van der Waals surface area contributed by atoms with Gasteiger partial charge < -0.3 is 36.8 Å². The van der Waals surface area contributed by atoms with Gasteiger partial charge in [0.05, 0.1) is 44.8 Å². The first kappa shape index (κ1) is 40.3. The van der Waals surface area contributed by atoms with E-state index >= 15 is 0 Å². The molecule has 1 fully saturated rings. The number of hydrogen-bond donors (Lipinski definition) is 7. The molecule has 0 spiro atoms. The number of carbonyl (C=O) groups excluding carboxylic acids is 3. The zero-order chi connectivity index (χ0) is 36.7. The highest BCUT2D eigenvalue weighted by molar-refractivity contribution is 5.97. The van der Waals surface area contributed by atoms with Gasteiger partial charge in [0.25, 0.3) is 0 Å². The van der Waals surface area contributed by atoms with E-state index in [0.29, 0.717) is 11.3 Å². The Morgan fingerprint density at radius 3 is 1.67 bits per heavy atom. The molecule has 1 aromatic carbocycles. The predicted molar refractivity (Wildman–Crippen MR) is 175 cm³/mol. The van der Waals surface area contributed by atoms with Gasteiger partial charge in [-0.3, -0.25) is 53.2 Å². The van der Waals surface area contributed by atoms with Gasteiger partial charge in [-0.05, 0) is 31.0 Å². The van der Waals surface area contributed by atoms with Crippen LogP contribution in [0, 0.1) is 0 Å². The van der Waals surface area contributed by atoms with Gasteiger partial charge in [-0.25, -0.2) is 0 Å². The number of amides is 2. The SMILES string of the molecule is C=C(C)C(=O)NCC(=O)NCC(=O)C1(Cc2ccc(N)cc2)CN(CC(=O)O)CCN(CC(=O)O)CCN(CC(=O)O)CCN1CC(=O)O. The summed E-state index contributed by atoms with van der Waals surface area (Å²) in [5.41, 5.74) is 5.13. The van der Waals surface area contributed by atoms with Crippen LogP contribution in [0.1, 0.15) is 12.5 Å². The van der Waals surface area contributed by atoms with Gasteiger partial charge in [-0.2, -0.15) is 0 Å². The number of nitrogens with zero attached hydrogens (tertiary/aromatic N) is 4. The Bertz CT molecular complexity index is 1390. The van der Waals surface area contributed by atoms with Crippen LogP contribution in [0.4, 0.5) is 5.69 Å². The van der Waals surface area contributed by atoms with E-state index < -0.39 is 86.3 Å². The molecule has 1 aliphatic heterocycles. The minimum atomic E-state index is -1.83. The Morgan fingerprint density at radius 1 is 0.714 bits per heavy atom. The molecular weight excluding hydrogens is 646 g/mol. The van der Waals surface area contributed by atoms with E-state index in [1.807, 2.05) is 0 Å². The molecule has 1 aliphatic rings. The van der Waals surface area contributed by atoms with Crippen LogP contribution in [0.2, 0.25) is 0 Å². The fraction of sp³-hybridized carbons (Fsp3) is 0.516. The van der Waals surface area contributed by atoms with E-state index in [4.69, 9.17) is 5.73 Å². The third kappa shape index (κ3) is 14.0. The van der Waals surface area contributed by atoms with Crippen molar-refractivity contribution in [3.63, 3.8) is 0 Å². The van der Waals surface area contributed by atoms with E-state index in [-0.39, 0.29) is 57.8 Å². The zero-order valence-corrected chi connectivity index (χ0v) is 27.4. The summed E-state index contributed by atoms with van der Waals surface area (Å²) in [6, 6.07) is 6.39. The van der Waals surface area contributed by atoms with Gasteiger partial charge in [0.15, 0.2) is 5.78 Å². The van der Waals surface area contributed by atoms with E-state index in [0.717, 1.165) is 0 Å². The van der Waals surface area contributed by atoms with E-state index in [9.17, 15) is 54.0 Å². The number of rotatable bonds is 16. The fourth-order valence-corrected chi connectivity index (χ4v) is 5.45. The van der Waals surface area contributed by atoms with Gasteiger partial charge in [0.2, 0.25) is 11.8 Å². The van der Waals surface area contributed by atoms with Crippen LogP contribution in [0.3, 0.4) is 0 Å². The first-order chi connectivity index (χ1) is 23.0. The van der Waals surface area contributed by atoms with Crippen LogP contribution < -0.4 is 16.4 Å². The Kier molecular flexibility index (Phi) is 15.8. The lowest BCUT2D eigenvalue weighted by molar-refractivity contribution is -0.147. The van der Waals surface area contributed by atoms with Gasteiger partial charge in [0.1, 0.15) is 0 Å². The molecule has 1 saturated heterocycles. The molecule has 1 unspecified atom stereocenters. The number of carbonyl (C=O) groups is 7. The minimum absolute atomic E-state index is 0.0186. The lowest BCUT2D eigenvalue weighted by atomic mass is 9.83. The number of nitrogen functional groups attached to an aromatic ring is 1. The maximum Gasteiger partial charge on any atom is 0.317 e. The number of carboxylic acids is 4. The average Bonchev–Trinajstić information content (AvgIpc) is 3.00. The number of Topliss-reactive ketones (excluding diaryl/α,β-unsaturated/α-hetero) is 1. The average molecular weight is 692 g/mol. The summed E-state index contributed by atoms with van der Waals surface area (Å²) < 4.78 is 0. The van der Waals surface area contributed by atoms with Crippen molar-refractivity contribution in [1.29, 1.82) is 0 Å². The van der Waals surface area contributed by atoms with Crippen molar-refractivity contribution in [1.82, 2.24) is 30.2 Å². The Labute approximate surface area is 283 Å². The molecular formula is C31H45N7O11. The highest BCUT2D eigenvalue weighted by atomic mass is 16.4. The molecule has 8 N–H and O–H groups in total. The van der Waals surface area contributed by atoms with Crippen molar-refractivity contribution in [3.8, 4) is 0 Å². The number of hydrogen-bond acceptors (Lipinski definition) is 12. The minimum Gasteiger partial charge on any atom is -0.480 e. The number of carboxylic acid groups (broad SMARTS) is 4. The summed E-state index contributed by atoms with van der Waals surface area (Å²) in [7, 11) is 0. The van der Waals surface area contributed by atoms with Gasteiger partial charge in [-0.1, -0.05) is 18.7 Å². The number of nitrogens with two attached hydrogens (primary N) is 1. The first-order valence-electron chi connectivity index (χ1n) is 15.4. The maximum absolute atomic E-state index is 14.5. The van der Waals surface area contributed by atoms with E-state index in [1.165, 1.54) is 26.5 Å². The van der Waals surface area contributed by atoms with E-state index in [2.05, 4.69) is 17.2 Å². The summed E-state index contributed by atoms with van der Waals surface area (Å²) in [4.78, 5) is 92.6. The topological polar surface area (TPSA) is 263 Å². The largest absolute Gasteiger partial charge is 0.480 e. The number of anilines is 1. The second kappa shape index (κ2) is 19.2. The van der Waals surface area contributed by atoms with E-state index in [1.54, 1.807) is 24.3 Å². The van der Waals surface area contributed by atoms with Crippen molar-refractivity contribution >= 4 is 47.2 Å². The third-order valence-electron chi connectivity index (χ3n) is 7.88. The molecule has 49 heavy (non-hydrogen) atoms. The van der Waals surface area contributed by atoms with Crippen LogP contribution in [0.25, 0.3) is 0 Å². The predicted octanol–water partition coefficient (Wildman–Crippen LogP) is -2.51. The normalized spacial score (nSPS) is 18.7. The van der Waals surface area contributed by atoms with Gasteiger partial charge in [0, 0.05) is 57.1 Å². The van der Waals surface area contributed by atoms with Crippen LogP contribution in [-0.2, 0) is 40.0 Å². The lowest BCUT2D eigenvalue weighted by Gasteiger charge is -2.46. The highest BCUT2D eigenvalue weighted by Gasteiger charge is 2.46. The summed E-state index contributed by atoms with van der Waals surface area (Å²) in [5, 5.41) is 43.7. The smallest absolute Gasteiger partial charge is 0.317 e. The number of benzene rings is 1. The summed E-state index contributed by atoms with van der Waals surface area (Å²) in [6.45, 7) is 1.16.